The molecule has 0 bridgehead atoms. The highest BCUT2D eigenvalue weighted by Gasteiger charge is 2.23. The lowest BCUT2D eigenvalue weighted by Crippen LogP contribution is -2.40. The number of carbonyl (C=O) groups excluding carboxylic acids is 1. The third-order valence-electron chi connectivity index (χ3n) is 2.85. The number of hydrogen-bond donors (Lipinski definition) is 2. The molecule has 1 amide bonds. The van der Waals surface area contributed by atoms with Crippen LogP contribution in [0.25, 0.3) is 0 Å². The van der Waals surface area contributed by atoms with Crippen molar-refractivity contribution in [1.29, 1.82) is 0 Å². The summed E-state index contributed by atoms with van der Waals surface area (Å²) < 4.78 is 0. The molecule has 4 heteroatoms. The first kappa shape index (κ1) is 11.5. The van der Waals surface area contributed by atoms with Crippen LogP contribution in [-0.4, -0.2) is 43.0 Å². The fraction of sp³-hybridized carbons (Fsp3) is 0.900. The number of rotatable bonds is 4. The summed E-state index contributed by atoms with van der Waals surface area (Å²) >= 11 is 0. The van der Waals surface area contributed by atoms with Gasteiger partial charge in [0.05, 0.1) is 0 Å². The largest absolute Gasteiger partial charge is 0.352 e. The van der Waals surface area contributed by atoms with Gasteiger partial charge in [0.2, 0.25) is 5.91 Å². The number of nitrogens with one attached hydrogen (secondary N) is 1. The summed E-state index contributed by atoms with van der Waals surface area (Å²) in [5.74, 6) is 0.127. The molecule has 82 valence electrons. The molecule has 0 aromatic heterocycles. The van der Waals surface area contributed by atoms with Crippen molar-refractivity contribution in [2.75, 3.05) is 20.1 Å². The Kier molecular flexibility index (Phi) is 4.35. The van der Waals surface area contributed by atoms with Crippen LogP contribution in [0.4, 0.5) is 0 Å². The van der Waals surface area contributed by atoms with E-state index in [2.05, 4.69) is 17.3 Å². The van der Waals surface area contributed by atoms with Gasteiger partial charge in [-0.2, -0.15) is 0 Å². The van der Waals surface area contributed by atoms with E-state index in [0.717, 1.165) is 13.0 Å². The van der Waals surface area contributed by atoms with E-state index in [1.165, 1.54) is 6.42 Å². The SMILES string of the molecule is CC(CN)NC(=O)CC1CCCN1C. The van der Waals surface area contributed by atoms with Crippen LogP contribution < -0.4 is 11.1 Å². The van der Waals surface area contributed by atoms with Gasteiger partial charge < -0.3 is 16.0 Å². The van der Waals surface area contributed by atoms with Gasteiger partial charge >= 0.3 is 0 Å². The minimum Gasteiger partial charge on any atom is -0.352 e. The maximum Gasteiger partial charge on any atom is 0.221 e. The Bertz CT molecular complexity index is 196. The summed E-state index contributed by atoms with van der Waals surface area (Å²) in [4.78, 5) is 13.8. The molecule has 0 aliphatic carbocycles. The summed E-state index contributed by atoms with van der Waals surface area (Å²) in [7, 11) is 2.08. The number of nitrogens with zero attached hydrogens (tertiary/aromatic N) is 1. The smallest absolute Gasteiger partial charge is 0.221 e. The standard InChI is InChI=1S/C10H21N3O/c1-8(7-11)12-10(14)6-9-4-3-5-13(9)2/h8-9H,3-7,11H2,1-2H3,(H,12,14). The van der Waals surface area contributed by atoms with Crippen LogP contribution in [0.3, 0.4) is 0 Å². The second kappa shape index (κ2) is 5.32. The predicted molar refractivity (Wildman–Crippen MR) is 56.9 cm³/mol. The molecule has 0 aromatic rings. The second-order valence-corrected chi connectivity index (χ2v) is 4.19. The molecular formula is C10H21N3O. The van der Waals surface area contributed by atoms with Crippen molar-refractivity contribution in [2.45, 2.75) is 38.3 Å². The molecule has 1 heterocycles. The van der Waals surface area contributed by atoms with Crippen LogP contribution in [0.1, 0.15) is 26.2 Å². The van der Waals surface area contributed by atoms with Crippen LogP contribution in [0.5, 0.6) is 0 Å². The molecule has 2 unspecified atom stereocenters. The van der Waals surface area contributed by atoms with E-state index in [4.69, 9.17) is 5.73 Å². The lowest BCUT2D eigenvalue weighted by molar-refractivity contribution is -0.122. The average Bonchev–Trinajstić information content (AvgIpc) is 2.51. The third-order valence-corrected chi connectivity index (χ3v) is 2.85. The molecule has 0 spiro atoms. The number of amides is 1. The monoisotopic (exact) mass is 199 g/mol. The van der Waals surface area contributed by atoms with Crippen molar-refractivity contribution in [3.8, 4) is 0 Å². The highest BCUT2D eigenvalue weighted by atomic mass is 16.1. The molecular weight excluding hydrogens is 178 g/mol. The molecule has 14 heavy (non-hydrogen) atoms. The number of nitrogens with two attached hydrogens (primary N) is 1. The van der Waals surface area contributed by atoms with Gasteiger partial charge in [0.25, 0.3) is 0 Å². The van der Waals surface area contributed by atoms with Gasteiger partial charge in [-0.25, -0.2) is 0 Å². The van der Waals surface area contributed by atoms with Gasteiger partial charge in [0, 0.05) is 25.0 Å². The van der Waals surface area contributed by atoms with Crippen molar-refractivity contribution in [1.82, 2.24) is 10.2 Å². The third kappa shape index (κ3) is 3.27. The van der Waals surface area contributed by atoms with E-state index in [1.54, 1.807) is 0 Å². The quantitative estimate of drug-likeness (QED) is 0.666. The number of hydrogen-bond acceptors (Lipinski definition) is 3. The van der Waals surface area contributed by atoms with Crippen molar-refractivity contribution < 1.29 is 4.79 Å². The molecule has 1 rings (SSSR count). The van der Waals surface area contributed by atoms with E-state index in [9.17, 15) is 4.79 Å². The Morgan fingerprint density at radius 3 is 2.93 bits per heavy atom. The Hall–Kier alpha value is -0.610. The Morgan fingerprint density at radius 1 is 1.71 bits per heavy atom. The summed E-state index contributed by atoms with van der Waals surface area (Å²) in [6, 6.07) is 0.522. The maximum absolute atomic E-state index is 11.5. The van der Waals surface area contributed by atoms with Gasteiger partial charge in [-0.05, 0) is 33.4 Å². The first-order valence-electron chi connectivity index (χ1n) is 5.33. The molecule has 1 saturated heterocycles. The van der Waals surface area contributed by atoms with Crippen LogP contribution in [0.2, 0.25) is 0 Å². The number of likely N-dealkylation sites (tertiary alicyclic amines) is 1. The van der Waals surface area contributed by atoms with Gasteiger partial charge in [-0.1, -0.05) is 0 Å². The first-order chi connectivity index (χ1) is 6.63. The molecule has 2 atom stereocenters. The fourth-order valence-electron chi connectivity index (χ4n) is 1.84. The fourth-order valence-corrected chi connectivity index (χ4v) is 1.84. The van der Waals surface area contributed by atoms with Crippen molar-refractivity contribution in [3.05, 3.63) is 0 Å². The topological polar surface area (TPSA) is 58.4 Å². The first-order valence-corrected chi connectivity index (χ1v) is 5.33. The van der Waals surface area contributed by atoms with E-state index in [0.29, 0.717) is 19.0 Å². The predicted octanol–water partition coefficient (Wildman–Crippen LogP) is -0.0659. The van der Waals surface area contributed by atoms with Crippen LogP contribution >= 0.6 is 0 Å². The van der Waals surface area contributed by atoms with Crippen molar-refractivity contribution >= 4 is 5.91 Å². The highest BCUT2D eigenvalue weighted by molar-refractivity contribution is 5.76. The van der Waals surface area contributed by atoms with E-state index >= 15 is 0 Å². The Labute approximate surface area is 85.8 Å². The van der Waals surface area contributed by atoms with Crippen molar-refractivity contribution in [2.24, 2.45) is 5.73 Å². The normalized spacial score (nSPS) is 24.9. The molecule has 1 aliphatic heterocycles. The minimum absolute atomic E-state index is 0.0919. The second-order valence-electron chi connectivity index (χ2n) is 4.19. The molecule has 1 aliphatic rings. The van der Waals surface area contributed by atoms with E-state index < -0.39 is 0 Å². The molecule has 4 nitrogen and oxygen atoms in total. The maximum atomic E-state index is 11.5. The van der Waals surface area contributed by atoms with E-state index in [1.807, 2.05) is 6.92 Å². The number of carbonyl (C=O) groups is 1. The Morgan fingerprint density at radius 2 is 2.43 bits per heavy atom. The lowest BCUT2D eigenvalue weighted by Gasteiger charge is -2.20. The summed E-state index contributed by atoms with van der Waals surface area (Å²) in [6.45, 7) is 3.55. The van der Waals surface area contributed by atoms with E-state index in [-0.39, 0.29) is 11.9 Å². The summed E-state index contributed by atoms with van der Waals surface area (Å²) in [5, 5.41) is 2.89. The van der Waals surface area contributed by atoms with Gasteiger partial charge in [0.15, 0.2) is 0 Å². The van der Waals surface area contributed by atoms with Gasteiger partial charge in [-0.15, -0.1) is 0 Å². The zero-order chi connectivity index (χ0) is 10.6. The summed E-state index contributed by atoms with van der Waals surface area (Å²) in [5.41, 5.74) is 5.43. The zero-order valence-corrected chi connectivity index (χ0v) is 9.12. The van der Waals surface area contributed by atoms with Gasteiger partial charge in [0.1, 0.15) is 0 Å². The van der Waals surface area contributed by atoms with Crippen molar-refractivity contribution in [3.63, 3.8) is 0 Å². The molecule has 0 aromatic carbocycles. The van der Waals surface area contributed by atoms with Crippen LogP contribution in [0, 0.1) is 0 Å². The van der Waals surface area contributed by atoms with Gasteiger partial charge in [-0.3, -0.25) is 4.79 Å². The molecule has 0 saturated carbocycles. The minimum atomic E-state index is 0.0919. The molecule has 0 radical (unpaired) electrons. The zero-order valence-electron chi connectivity index (χ0n) is 9.12. The van der Waals surface area contributed by atoms with Crippen LogP contribution in [0.15, 0.2) is 0 Å². The lowest BCUT2D eigenvalue weighted by atomic mass is 10.1. The summed E-state index contributed by atoms with van der Waals surface area (Å²) in [6.07, 6.45) is 2.96. The highest BCUT2D eigenvalue weighted by Crippen LogP contribution is 2.17. The Balaban J connectivity index is 2.26. The molecule has 3 N–H and O–H groups in total. The average molecular weight is 199 g/mol. The molecule has 1 fully saturated rings. The van der Waals surface area contributed by atoms with Crippen LogP contribution in [-0.2, 0) is 4.79 Å².